The molecule has 0 aromatic heterocycles. The summed E-state index contributed by atoms with van der Waals surface area (Å²) < 4.78 is 0. The predicted molar refractivity (Wildman–Crippen MR) is 55.7 cm³/mol. The Bertz CT molecular complexity index is 123. The Morgan fingerprint density at radius 1 is 1.31 bits per heavy atom. The third-order valence-corrected chi connectivity index (χ3v) is 2.73. The molecule has 1 aliphatic rings. The van der Waals surface area contributed by atoms with Gasteiger partial charge in [0, 0.05) is 6.54 Å². The van der Waals surface area contributed by atoms with Crippen molar-refractivity contribution < 1.29 is 5.11 Å². The minimum absolute atomic E-state index is 0.0776. The van der Waals surface area contributed by atoms with Crippen molar-refractivity contribution in [3.8, 4) is 0 Å². The molecule has 1 unspecified atom stereocenters. The molecule has 0 aliphatic heterocycles. The lowest BCUT2D eigenvalue weighted by Gasteiger charge is -2.09. The second-order valence-corrected chi connectivity index (χ2v) is 4.17. The fraction of sp³-hybridized carbons (Fsp3) is 1.00. The summed E-state index contributed by atoms with van der Waals surface area (Å²) in [4.78, 5) is 0. The van der Waals surface area contributed by atoms with E-state index in [0.29, 0.717) is 5.92 Å². The van der Waals surface area contributed by atoms with Crippen molar-refractivity contribution in [3.05, 3.63) is 0 Å². The van der Waals surface area contributed by atoms with Gasteiger partial charge in [-0.15, -0.1) is 0 Å². The number of nitrogens with one attached hydrogen (secondary N) is 1. The Hall–Kier alpha value is -0.0800. The molecule has 2 N–H and O–H groups in total. The Balaban J connectivity index is 1.77. The Morgan fingerprint density at radius 2 is 2.08 bits per heavy atom. The van der Waals surface area contributed by atoms with Crippen LogP contribution in [0.2, 0.25) is 0 Å². The highest BCUT2D eigenvalue weighted by Gasteiger charge is 2.28. The normalized spacial score (nSPS) is 18.9. The fourth-order valence-electron chi connectivity index (χ4n) is 1.57. The van der Waals surface area contributed by atoms with E-state index in [1.807, 2.05) is 0 Å². The van der Waals surface area contributed by atoms with Crippen LogP contribution in [0.3, 0.4) is 0 Å². The number of hydrogen-bond donors (Lipinski definition) is 2. The number of rotatable bonds is 8. The Kier molecular flexibility index (Phi) is 5.40. The summed E-state index contributed by atoms with van der Waals surface area (Å²) >= 11 is 0. The number of hydrogen-bond acceptors (Lipinski definition) is 2. The lowest BCUT2D eigenvalue weighted by Crippen LogP contribution is -2.28. The van der Waals surface area contributed by atoms with Crippen LogP contribution in [0, 0.1) is 5.92 Å². The molecule has 1 saturated carbocycles. The van der Waals surface area contributed by atoms with Crippen molar-refractivity contribution in [2.45, 2.75) is 51.6 Å². The van der Waals surface area contributed by atoms with Crippen LogP contribution < -0.4 is 5.32 Å². The van der Waals surface area contributed by atoms with Gasteiger partial charge in [0.1, 0.15) is 0 Å². The molecule has 78 valence electrons. The summed E-state index contributed by atoms with van der Waals surface area (Å²) in [6, 6.07) is 0. The molecule has 2 nitrogen and oxygen atoms in total. The maximum atomic E-state index is 9.53. The molecule has 0 aromatic carbocycles. The van der Waals surface area contributed by atoms with Crippen LogP contribution in [0.1, 0.15) is 45.4 Å². The molecule has 0 bridgehead atoms. The fourth-order valence-corrected chi connectivity index (χ4v) is 1.57. The van der Waals surface area contributed by atoms with Crippen LogP contribution in [0.25, 0.3) is 0 Å². The van der Waals surface area contributed by atoms with Gasteiger partial charge < -0.3 is 10.4 Å². The standard InChI is InChI=1S/C11H23NO/c1-2-3-4-5-8-12-9-11(13)10-6-7-10/h10-13H,2-9H2,1H3. The minimum atomic E-state index is -0.0776. The Labute approximate surface area is 81.7 Å². The largest absolute Gasteiger partial charge is 0.392 e. The van der Waals surface area contributed by atoms with Crippen LogP contribution in [-0.4, -0.2) is 24.3 Å². The van der Waals surface area contributed by atoms with Crippen LogP contribution in [0.4, 0.5) is 0 Å². The summed E-state index contributed by atoms with van der Waals surface area (Å²) in [5, 5.41) is 12.8. The van der Waals surface area contributed by atoms with E-state index in [1.54, 1.807) is 0 Å². The van der Waals surface area contributed by atoms with E-state index >= 15 is 0 Å². The first kappa shape index (κ1) is 11.0. The van der Waals surface area contributed by atoms with Gasteiger partial charge >= 0.3 is 0 Å². The van der Waals surface area contributed by atoms with Crippen molar-refractivity contribution in [1.82, 2.24) is 5.32 Å². The van der Waals surface area contributed by atoms with Gasteiger partial charge in [-0.05, 0) is 31.7 Å². The molecule has 1 fully saturated rings. The lowest BCUT2D eigenvalue weighted by atomic mass is 10.2. The van der Waals surface area contributed by atoms with Crippen molar-refractivity contribution in [3.63, 3.8) is 0 Å². The molecule has 0 heterocycles. The molecule has 1 rings (SSSR count). The average Bonchev–Trinajstić information content (AvgIpc) is 2.93. The third kappa shape index (κ3) is 5.27. The van der Waals surface area contributed by atoms with E-state index < -0.39 is 0 Å². The number of unbranched alkanes of at least 4 members (excludes halogenated alkanes) is 3. The van der Waals surface area contributed by atoms with Crippen molar-refractivity contribution in [2.75, 3.05) is 13.1 Å². The van der Waals surface area contributed by atoms with Crippen molar-refractivity contribution in [2.24, 2.45) is 5.92 Å². The summed E-state index contributed by atoms with van der Waals surface area (Å²) in [5.74, 6) is 0.614. The highest BCUT2D eigenvalue weighted by Crippen LogP contribution is 2.32. The second-order valence-electron chi connectivity index (χ2n) is 4.17. The van der Waals surface area contributed by atoms with Gasteiger partial charge in [0.2, 0.25) is 0 Å². The third-order valence-electron chi connectivity index (χ3n) is 2.73. The van der Waals surface area contributed by atoms with Gasteiger partial charge in [0.25, 0.3) is 0 Å². The number of aliphatic hydroxyl groups excluding tert-OH is 1. The predicted octanol–water partition coefficient (Wildman–Crippen LogP) is 1.93. The number of aliphatic hydroxyl groups is 1. The Morgan fingerprint density at radius 3 is 2.69 bits per heavy atom. The molecule has 1 aliphatic carbocycles. The molecule has 0 radical (unpaired) electrons. The van der Waals surface area contributed by atoms with E-state index in [4.69, 9.17) is 0 Å². The molecule has 0 aromatic rings. The summed E-state index contributed by atoms with van der Waals surface area (Å²) in [6.07, 6.45) is 7.61. The van der Waals surface area contributed by atoms with Crippen molar-refractivity contribution in [1.29, 1.82) is 0 Å². The second kappa shape index (κ2) is 6.39. The van der Waals surface area contributed by atoms with E-state index in [0.717, 1.165) is 13.1 Å². The zero-order chi connectivity index (χ0) is 9.52. The molecule has 13 heavy (non-hydrogen) atoms. The first-order valence-electron chi connectivity index (χ1n) is 5.73. The lowest BCUT2D eigenvalue weighted by molar-refractivity contribution is 0.149. The van der Waals surface area contributed by atoms with E-state index in [2.05, 4.69) is 12.2 Å². The average molecular weight is 185 g/mol. The maximum absolute atomic E-state index is 9.53. The van der Waals surface area contributed by atoms with E-state index in [9.17, 15) is 5.11 Å². The molecule has 0 amide bonds. The highest BCUT2D eigenvalue weighted by atomic mass is 16.3. The molecule has 0 spiro atoms. The minimum Gasteiger partial charge on any atom is -0.392 e. The van der Waals surface area contributed by atoms with Gasteiger partial charge in [-0.3, -0.25) is 0 Å². The topological polar surface area (TPSA) is 32.3 Å². The van der Waals surface area contributed by atoms with Gasteiger partial charge in [0.05, 0.1) is 6.10 Å². The van der Waals surface area contributed by atoms with Gasteiger partial charge in [-0.2, -0.15) is 0 Å². The van der Waals surface area contributed by atoms with Crippen LogP contribution in [0.15, 0.2) is 0 Å². The molecule has 2 heteroatoms. The molecular formula is C11H23NO. The molecule has 0 saturated heterocycles. The molecule has 1 atom stereocenters. The van der Waals surface area contributed by atoms with Gasteiger partial charge in [-0.1, -0.05) is 26.2 Å². The zero-order valence-electron chi connectivity index (χ0n) is 8.76. The molecular weight excluding hydrogens is 162 g/mol. The van der Waals surface area contributed by atoms with Crippen molar-refractivity contribution >= 4 is 0 Å². The van der Waals surface area contributed by atoms with Crippen LogP contribution in [0.5, 0.6) is 0 Å². The monoisotopic (exact) mass is 185 g/mol. The highest BCUT2D eigenvalue weighted by molar-refractivity contribution is 4.81. The maximum Gasteiger partial charge on any atom is 0.0692 e. The zero-order valence-corrected chi connectivity index (χ0v) is 8.76. The first-order valence-corrected chi connectivity index (χ1v) is 5.73. The summed E-state index contributed by atoms with van der Waals surface area (Å²) in [7, 11) is 0. The van der Waals surface area contributed by atoms with E-state index in [-0.39, 0.29) is 6.10 Å². The SMILES string of the molecule is CCCCCCNCC(O)C1CC1. The summed E-state index contributed by atoms with van der Waals surface area (Å²) in [5.41, 5.74) is 0. The first-order chi connectivity index (χ1) is 6.34. The smallest absolute Gasteiger partial charge is 0.0692 e. The summed E-state index contributed by atoms with van der Waals surface area (Å²) in [6.45, 7) is 4.10. The van der Waals surface area contributed by atoms with Gasteiger partial charge in [-0.25, -0.2) is 0 Å². The van der Waals surface area contributed by atoms with Gasteiger partial charge in [0.15, 0.2) is 0 Å². The van der Waals surface area contributed by atoms with Crippen LogP contribution in [-0.2, 0) is 0 Å². The van der Waals surface area contributed by atoms with E-state index in [1.165, 1.54) is 38.5 Å². The van der Waals surface area contributed by atoms with Crippen LogP contribution >= 0.6 is 0 Å². The quantitative estimate of drug-likeness (QED) is 0.566.